The monoisotopic (exact) mass is 281 g/mol. The quantitative estimate of drug-likeness (QED) is 0.658. The summed E-state index contributed by atoms with van der Waals surface area (Å²) in [6.07, 6.45) is 2.12. The van der Waals surface area contributed by atoms with Crippen molar-refractivity contribution in [1.29, 1.82) is 0 Å². The van der Waals surface area contributed by atoms with Crippen LogP contribution < -0.4 is 0 Å². The molecule has 0 aliphatic heterocycles. The Kier molecular flexibility index (Phi) is 2.22. The third-order valence-electron chi connectivity index (χ3n) is 2.89. The number of halogens is 2. The van der Waals surface area contributed by atoms with Crippen molar-refractivity contribution >= 4 is 38.4 Å². The third-order valence-corrected chi connectivity index (χ3v) is 4.21. The van der Waals surface area contributed by atoms with Crippen LogP contribution in [-0.4, -0.2) is 4.98 Å². The molecule has 1 unspecified atom stereocenters. The molecule has 0 saturated carbocycles. The highest BCUT2D eigenvalue weighted by atomic mass is 79.9. The van der Waals surface area contributed by atoms with Gasteiger partial charge < -0.3 is 0 Å². The summed E-state index contributed by atoms with van der Waals surface area (Å²) in [5.41, 5.74) is 3.35. The van der Waals surface area contributed by atoms with Crippen LogP contribution in [0, 0.1) is 0 Å². The van der Waals surface area contributed by atoms with Gasteiger partial charge in [0.2, 0.25) is 0 Å². The van der Waals surface area contributed by atoms with E-state index in [0.29, 0.717) is 4.83 Å². The Morgan fingerprint density at radius 2 is 2.13 bits per heavy atom. The smallest absolute Gasteiger partial charge is 0.0720 e. The van der Waals surface area contributed by atoms with Gasteiger partial charge in [-0.1, -0.05) is 45.7 Å². The summed E-state index contributed by atoms with van der Waals surface area (Å²) in [7, 11) is 0. The molecule has 0 bridgehead atoms. The summed E-state index contributed by atoms with van der Waals surface area (Å²) >= 11 is 10.1. The van der Waals surface area contributed by atoms with Gasteiger partial charge in [-0.05, 0) is 18.9 Å². The van der Waals surface area contributed by atoms with Gasteiger partial charge in [0.05, 0.1) is 10.5 Å². The van der Waals surface area contributed by atoms with Crippen molar-refractivity contribution in [3.05, 3.63) is 40.5 Å². The molecule has 76 valence electrons. The lowest BCUT2D eigenvalue weighted by Gasteiger charge is -2.08. The molecule has 15 heavy (non-hydrogen) atoms. The van der Waals surface area contributed by atoms with Crippen LogP contribution in [0.2, 0.25) is 5.02 Å². The van der Waals surface area contributed by atoms with Crippen LogP contribution in [-0.2, 0) is 6.42 Å². The highest BCUT2D eigenvalue weighted by molar-refractivity contribution is 9.09. The van der Waals surface area contributed by atoms with Crippen LogP contribution in [0.25, 0.3) is 10.9 Å². The second-order valence-electron chi connectivity index (χ2n) is 3.81. The predicted octanol–water partition coefficient (Wildman–Crippen LogP) is 4.27. The van der Waals surface area contributed by atoms with Crippen LogP contribution in [0.5, 0.6) is 0 Å². The van der Waals surface area contributed by atoms with Crippen molar-refractivity contribution in [3.63, 3.8) is 0 Å². The van der Waals surface area contributed by atoms with Gasteiger partial charge in [-0.2, -0.15) is 0 Å². The van der Waals surface area contributed by atoms with Crippen molar-refractivity contribution in [3.8, 4) is 0 Å². The summed E-state index contributed by atoms with van der Waals surface area (Å²) in [6, 6.07) is 8.05. The molecule has 0 radical (unpaired) electrons. The summed E-state index contributed by atoms with van der Waals surface area (Å²) in [5.74, 6) is 0. The maximum Gasteiger partial charge on any atom is 0.0720 e. The molecule has 3 heteroatoms. The molecule has 0 fully saturated rings. The summed E-state index contributed by atoms with van der Waals surface area (Å²) in [5, 5.41) is 1.93. The molecule has 3 rings (SSSR count). The van der Waals surface area contributed by atoms with Crippen molar-refractivity contribution < 1.29 is 0 Å². The van der Waals surface area contributed by atoms with E-state index in [2.05, 4.69) is 20.9 Å². The molecule has 2 aromatic rings. The average Bonchev–Trinajstić information content (AvgIpc) is 2.61. The van der Waals surface area contributed by atoms with Crippen molar-refractivity contribution in [2.45, 2.75) is 17.7 Å². The van der Waals surface area contributed by atoms with Crippen molar-refractivity contribution in [2.24, 2.45) is 0 Å². The molecule has 1 aromatic carbocycles. The number of pyridine rings is 1. The van der Waals surface area contributed by atoms with E-state index in [-0.39, 0.29) is 0 Å². The van der Waals surface area contributed by atoms with Crippen molar-refractivity contribution in [1.82, 2.24) is 4.98 Å². The summed E-state index contributed by atoms with van der Waals surface area (Å²) in [6.45, 7) is 0. The first-order chi connectivity index (χ1) is 7.27. The number of nitrogens with zero attached hydrogens (tertiary/aromatic N) is 1. The van der Waals surface area contributed by atoms with Crippen LogP contribution in [0.3, 0.4) is 0 Å². The largest absolute Gasteiger partial charge is 0.252 e. The zero-order valence-corrected chi connectivity index (χ0v) is 10.3. The van der Waals surface area contributed by atoms with E-state index < -0.39 is 0 Å². The zero-order chi connectivity index (χ0) is 10.4. The summed E-state index contributed by atoms with van der Waals surface area (Å²) < 4.78 is 0. The lowest BCUT2D eigenvalue weighted by Crippen LogP contribution is -1.92. The molecule has 1 aromatic heterocycles. The molecule has 1 heterocycles. The second-order valence-corrected chi connectivity index (χ2v) is 5.29. The van der Waals surface area contributed by atoms with Crippen LogP contribution >= 0.6 is 27.5 Å². The molecule has 1 nitrogen and oxygen atoms in total. The van der Waals surface area contributed by atoms with Gasteiger partial charge in [0.25, 0.3) is 0 Å². The highest BCUT2D eigenvalue weighted by Crippen LogP contribution is 2.43. The molecule has 1 aliphatic carbocycles. The Morgan fingerprint density at radius 3 is 3.00 bits per heavy atom. The Bertz CT molecular complexity index is 538. The average molecular weight is 283 g/mol. The fourth-order valence-electron chi connectivity index (χ4n) is 2.15. The fraction of sp³-hybridized carbons (Fsp3) is 0.250. The number of benzene rings is 1. The van der Waals surface area contributed by atoms with Gasteiger partial charge in [0.1, 0.15) is 0 Å². The standard InChI is InChI=1S/C12H9BrClN/c13-8-5-6-10-11(8)12(14)7-3-1-2-4-9(7)15-10/h1-4,8H,5-6H2. The van der Waals surface area contributed by atoms with Gasteiger partial charge in [0.15, 0.2) is 0 Å². The first kappa shape index (κ1) is 9.61. The normalized spacial score (nSPS) is 19.5. The minimum absolute atomic E-state index is 0.372. The lowest BCUT2D eigenvalue weighted by atomic mass is 10.1. The third kappa shape index (κ3) is 1.39. The SMILES string of the molecule is Clc1c2c(nc3ccccc13)CCC2Br. The molecular formula is C12H9BrClN. The van der Waals surface area contributed by atoms with Crippen LogP contribution in [0.15, 0.2) is 24.3 Å². The van der Waals surface area contributed by atoms with E-state index in [4.69, 9.17) is 11.6 Å². The van der Waals surface area contributed by atoms with Crippen LogP contribution in [0.1, 0.15) is 22.5 Å². The number of rotatable bonds is 0. The van der Waals surface area contributed by atoms with Gasteiger partial charge in [-0.3, -0.25) is 4.98 Å². The maximum absolute atomic E-state index is 6.41. The van der Waals surface area contributed by atoms with Crippen LogP contribution in [0.4, 0.5) is 0 Å². The zero-order valence-electron chi connectivity index (χ0n) is 8.00. The number of hydrogen-bond donors (Lipinski definition) is 0. The molecule has 1 atom stereocenters. The Hall–Kier alpha value is -0.600. The number of hydrogen-bond acceptors (Lipinski definition) is 1. The van der Waals surface area contributed by atoms with Crippen molar-refractivity contribution in [2.75, 3.05) is 0 Å². The number of aromatic nitrogens is 1. The van der Waals surface area contributed by atoms with Gasteiger partial charge >= 0.3 is 0 Å². The molecule has 0 amide bonds. The second kappa shape index (κ2) is 3.46. The molecule has 0 spiro atoms. The Morgan fingerprint density at radius 1 is 1.33 bits per heavy atom. The van der Waals surface area contributed by atoms with E-state index in [1.165, 1.54) is 5.56 Å². The minimum Gasteiger partial charge on any atom is -0.252 e. The molecule has 0 N–H and O–H groups in total. The number of para-hydroxylation sites is 1. The highest BCUT2D eigenvalue weighted by Gasteiger charge is 2.25. The van der Waals surface area contributed by atoms with E-state index in [1.54, 1.807) is 0 Å². The topological polar surface area (TPSA) is 12.9 Å². The molecule has 1 aliphatic rings. The number of fused-ring (bicyclic) bond motifs is 2. The molecule has 0 saturated heterocycles. The minimum atomic E-state index is 0.372. The van der Waals surface area contributed by atoms with E-state index >= 15 is 0 Å². The Labute approximate surface area is 102 Å². The van der Waals surface area contributed by atoms with Gasteiger partial charge in [0, 0.05) is 21.5 Å². The number of alkyl halides is 1. The van der Waals surface area contributed by atoms with E-state index in [1.807, 2.05) is 24.3 Å². The van der Waals surface area contributed by atoms with Gasteiger partial charge in [-0.25, -0.2) is 0 Å². The van der Waals surface area contributed by atoms with E-state index in [0.717, 1.165) is 34.5 Å². The Balaban J connectivity index is 2.41. The van der Waals surface area contributed by atoms with Gasteiger partial charge in [-0.15, -0.1) is 0 Å². The molecular weight excluding hydrogens is 273 g/mol. The summed E-state index contributed by atoms with van der Waals surface area (Å²) in [4.78, 5) is 5.02. The maximum atomic E-state index is 6.41. The lowest BCUT2D eigenvalue weighted by molar-refractivity contribution is 0.894. The van der Waals surface area contributed by atoms with E-state index in [9.17, 15) is 0 Å². The fourth-order valence-corrected chi connectivity index (χ4v) is 3.41. The predicted molar refractivity (Wildman–Crippen MR) is 66.7 cm³/mol. The first-order valence-electron chi connectivity index (χ1n) is 4.98. The number of aryl methyl sites for hydroxylation is 1. The first-order valence-corrected chi connectivity index (χ1v) is 6.28.